The Hall–Kier alpha value is -2.78. The van der Waals surface area contributed by atoms with E-state index in [9.17, 15) is 4.79 Å². The van der Waals surface area contributed by atoms with Crippen LogP contribution in [-0.2, 0) is 16.0 Å². The number of benzene rings is 1. The summed E-state index contributed by atoms with van der Waals surface area (Å²) < 4.78 is 26.2. The van der Waals surface area contributed by atoms with Crippen LogP contribution in [0, 0.1) is 0 Å². The highest BCUT2D eigenvalue weighted by molar-refractivity contribution is 5.67. The number of hydrogen-bond donors (Lipinski definition) is 0. The second-order valence-corrected chi connectivity index (χ2v) is 12.3. The van der Waals surface area contributed by atoms with Gasteiger partial charge in [-0.3, -0.25) is 0 Å². The van der Waals surface area contributed by atoms with Crippen LogP contribution in [0.15, 0.2) is 30.5 Å². The van der Waals surface area contributed by atoms with Crippen LogP contribution in [0.25, 0.3) is 0 Å². The molecule has 0 radical (unpaired) electrons. The van der Waals surface area contributed by atoms with Crippen LogP contribution in [-0.4, -0.2) is 70.9 Å². The van der Waals surface area contributed by atoms with E-state index < -0.39 is 11.4 Å². The Balaban J connectivity index is 1.24. The van der Waals surface area contributed by atoms with E-state index in [0.29, 0.717) is 12.5 Å². The highest BCUT2D eigenvalue weighted by atomic mass is 16.7. The largest absolute Gasteiger partial charge is 0.448 e. The predicted molar refractivity (Wildman–Crippen MR) is 148 cm³/mol. The zero-order valence-electron chi connectivity index (χ0n) is 24.1. The SMILES string of the molecule is CN(CCN(C)C(=O)OC(C)(C)C)Cc1cn(C2CCCCO2)nc1C1CCC2(CC1)Oc1ccccc1O2. The fraction of sp³-hybridized carbons (Fsp3) is 0.667. The van der Waals surface area contributed by atoms with Crippen LogP contribution in [0.3, 0.4) is 0 Å². The second-order valence-electron chi connectivity index (χ2n) is 12.3. The lowest BCUT2D eigenvalue weighted by atomic mass is 9.82. The average molecular weight is 541 g/mol. The molecule has 1 atom stereocenters. The highest BCUT2D eigenvalue weighted by Gasteiger charge is 2.45. The maximum absolute atomic E-state index is 12.4. The van der Waals surface area contributed by atoms with Crippen molar-refractivity contribution in [2.75, 3.05) is 33.8 Å². The van der Waals surface area contributed by atoms with Crippen molar-refractivity contribution in [3.8, 4) is 11.5 Å². The zero-order chi connectivity index (χ0) is 27.6. The molecule has 5 rings (SSSR count). The van der Waals surface area contributed by atoms with E-state index in [1.165, 1.54) is 5.56 Å². The second kappa shape index (κ2) is 11.4. The summed E-state index contributed by atoms with van der Waals surface area (Å²) in [5.74, 6) is 1.46. The maximum atomic E-state index is 12.4. The third kappa shape index (κ3) is 6.69. The van der Waals surface area contributed by atoms with Crippen LogP contribution in [0.1, 0.15) is 89.1 Å². The molecule has 2 aliphatic heterocycles. The van der Waals surface area contributed by atoms with Crippen LogP contribution in [0.2, 0.25) is 0 Å². The molecule has 1 spiro atoms. The van der Waals surface area contributed by atoms with Crippen molar-refractivity contribution >= 4 is 6.09 Å². The van der Waals surface area contributed by atoms with Gasteiger partial charge in [0.15, 0.2) is 11.5 Å². The first-order chi connectivity index (χ1) is 18.6. The first-order valence-electron chi connectivity index (χ1n) is 14.4. The van der Waals surface area contributed by atoms with Gasteiger partial charge >= 0.3 is 6.09 Å². The zero-order valence-corrected chi connectivity index (χ0v) is 24.1. The molecule has 9 nitrogen and oxygen atoms in total. The van der Waals surface area contributed by atoms with Crippen LogP contribution in [0.4, 0.5) is 4.79 Å². The van der Waals surface area contributed by atoms with Crippen LogP contribution >= 0.6 is 0 Å². The minimum atomic E-state index is -0.557. The van der Waals surface area contributed by atoms with E-state index >= 15 is 0 Å². The summed E-state index contributed by atoms with van der Waals surface area (Å²) in [7, 11) is 3.88. The maximum Gasteiger partial charge on any atom is 0.410 e. The minimum Gasteiger partial charge on any atom is -0.448 e. The van der Waals surface area contributed by atoms with Gasteiger partial charge in [0.1, 0.15) is 11.8 Å². The summed E-state index contributed by atoms with van der Waals surface area (Å²) >= 11 is 0. The third-order valence-electron chi connectivity index (χ3n) is 7.83. The Bertz CT molecular complexity index is 1100. The van der Waals surface area contributed by atoms with E-state index in [1.807, 2.05) is 49.7 Å². The van der Waals surface area contributed by atoms with Gasteiger partial charge in [0.2, 0.25) is 0 Å². The fourth-order valence-electron chi connectivity index (χ4n) is 5.69. The Morgan fingerprint density at radius 2 is 1.77 bits per heavy atom. The number of likely N-dealkylation sites (N-methyl/N-ethyl adjacent to an activating group) is 2. The lowest BCUT2D eigenvalue weighted by molar-refractivity contribution is -0.108. The Labute approximate surface area is 232 Å². The van der Waals surface area contributed by atoms with Gasteiger partial charge in [-0.25, -0.2) is 9.48 Å². The van der Waals surface area contributed by atoms with Gasteiger partial charge in [-0.05, 0) is 72.1 Å². The van der Waals surface area contributed by atoms with Crippen molar-refractivity contribution in [3.63, 3.8) is 0 Å². The van der Waals surface area contributed by atoms with Gasteiger partial charge in [0, 0.05) is 63.8 Å². The summed E-state index contributed by atoms with van der Waals surface area (Å²) in [6.07, 6.45) is 8.71. The number of rotatable bonds is 7. The fourth-order valence-corrected chi connectivity index (χ4v) is 5.69. The molecule has 1 aliphatic carbocycles. The number of amides is 1. The summed E-state index contributed by atoms with van der Waals surface area (Å²) in [5.41, 5.74) is 1.88. The Morgan fingerprint density at radius 1 is 1.08 bits per heavy atom. The smallest absolute Gasteiger partial charge is 0.410 e. The monoisotopic (exact) mass is 540 g/mol. The Kier molecular flexibility index (Phi) is 8.10. The van der Waals surface area contributed by atoms with Gasteiger partial charge in [0.25, 0.3) is 5.79 Å². The van der Waals surface area contributed by atoms with Gasteiger partial charge in [-0.15, -0.1) is 0 Å². The molecule has 214 valence electrons. The summed E-state index contributed by atoms with van der Waals surface area (Å²) in [5, 5.41) is 5.13. The summed E-state index contributed by atoms with van der Waals surface area (Å²) in [6, 6.07) is 7.94. The molecule has 2 aromatic rings. The van der Waals surface area contributed by atoms with E-state index in [-0.39, 0.29) is 12.3 Å². The molecule has 1 amide bonds. The van der Waals surface area contributed by atoms with Gasteiger partial charge < -0.3 is 28.7 Å². The van der Waals surface area contributed by atoms with Crippen LogP contribution < -0.4 is 9.47 Å². The summed E-state index contributed by atoms with van der Waals surface area (Å²) in [4.78, 5) is 16.3. The van der Waals surface area contributed by atoms with Crippen molar-refractivity contribution in [2.24, 2.45) is 0 Å². The molecular formula is C30H44N4O5. The lowest BCUT2D eigenvalue weighted by Crippen LogP contribution is -2.42. The molecule has 39 heavy (non-hydrogen) atoms. The van der Waals surface area contributed by atoms with Gasteiger partial charge in [-0.1, -0.05) is 12.1 Å². The topological polar surface area (TPSA) is 78.3 Å². The molecule has 3 heterocycles. The number of para-hydroxylation sites is 2. The Morgan fingerprint density at radius 3 is 2.38 bits per heavy atom. The van der Waals surface area contributed by atoms with Crippen molar-refractivity contribution < 1.29 is 23.7 Å². The molecule has 3 aliphatic rings. The number of fused-ring (bicyclic) bond motifs is 1. The van der Waals surface area contributed by atoms with E-state index in [1.54, 1.807) is 11.9 Å². The van der Waals surface area contributed by atoms with Gasteiger partial charge in [-0.2, -0.15) is 5.10 Å². The lowest BCUT2D eigenvalue weighted by Gasteiger charge is -2.35. The summed E-state index contributed by atoms with van der Waals surface area (Å²) in [6.45, 7) is 8.51. The molecule has 1 saturated heterocycles. The number of ether oxygens (including phenoxy) is 4. The number of carbonyl (C=O) groups is 1. The quantitative estimate of drug-likeness (QED) is 0.445. The van der Waals surface area contributed by atoms with Gasteiger partial charge in [0.05, 0.1) is 5.69 Å². The number of nitrogens with zero attached hydrogens (tertiary/aromatic N) is 4. The first kappa shape index (κ1) is 27.8. The normalized spacial score (nSPS) is 20.9. The van der Waals surface area contributed by atoms with Crippen LogP contribution in [0.5, 0.6) is 11.5 Å². The molecule has 1 aromatic carbocycles. The molecular weight excluding hydrogens is 496 g/mol. The van der Waals surface area contributed by atoms with Crippen molar-refractivity contribution in [2.45, 2.75) is 95.8 Å². The van der Waals surface area contributed by atoms with E-state index in [0.717, 1.165) is 81.8 Å². The molecule has 1 aromatic heterocycles. The molecule has 9 heteroatoms. The number of aromatic nitrogens is 2. The molecule has 1 unspecified atom stereocenters. The number of carbonyl (C=O) groups excluding carboxylic acids is 1. The number of hydrogen-bond acceptors (Lipinski definition) is 7. The third-order valence-corrected chi connectivity index (χ3v) is 7.83. The van der Waals surface area contributed by atoms with E-state index in [2.05, 4.69) is 18.1 Å². The van der Waals surface area contributed by atoms with Crippen molar-refractivity contribution in [1.29, 1.82) is 0 Å². The highest BCUT2D eigenvalue weighted by Crippen LogP contribution is 2.48. The molecule has 0 N–H and O–H groups in total. The van der Waals surface area contributed by atoms with Crippen molar-refractivity contribution in [1.82, 2.24) is 19.6 Å². The first-order valence-corrected chi connectivity index (χ1v) is 14.4. The molecule has 2 fully saturated rings. The van der Waals surface area contributed by atoms with Crippen molar-refractivity contribution in [3.05, 3.63) is 41.7 Å². The average Bonchev–Trinajstić information content (AvgIpc) is 3.48. The molecule has 1 saturated carbocycles. The predicted octanol–water partition coefficient (Wildman–Crippen LogP) is 5.71. The van der Waals surface area contributed by atoms with E-state index in [4.69, 9.17) is 24.0 Å². The molecule has 0 bridgehead atoms. The minimum absolute atomic E-state index is 0.000730. The standard InChI is InChI=1S/C30H44N4O5/c1-29(2,3)39-28(35)33(5)18-17-32(4)20-23-21-34(26-12-8-9-19-36-26)31-27(23)22-13-15-30(16-14-22)37-24-10-6-7-11-25(24)38-30/h6-7,10-11,21-22,26H,8-9,12-20H2,1-5H3.